The summed E-state index contributed by atoms with van der Waals surface area (Å²) in [5.74, 6) is 0.717. The molecule has 2 unspecified atom stereocenters. The Morgan fingerprint density at radius 1 is 1.05 bits per heavy atom. The SMILES string of the molecule is Cc1ccc(-c2cccc3c2SC2C=CCCCC32)cc1. The van der Waals surface area contributed by atoms with E-state index in [1.165, 1.54) is 40.8 Å². The molecule has 4 rings (SSSR count). The van der Waals surface area contributed by atoms with Crippen LogP contribution in [0, 0.1) is 6.92 Å². The van der Waals surface area contributed by atoms with E-state index in [-0.39, 0.29) is 0 Å². The Balaban J connectivity index is 1.80. The number of thioether (sulfide) groups is 1. The Morgan fingerprint density at radius 3 is 2.76 bits per heavy atom. The maximum absolute atomic E-state index is 2.45. The zero-order valence-electron chi connectivity index (χ0n) is 12.4. The molecule has 0 saturated carbocycles. The van der Waals surface area contributed by atoms with E-state index >= 15 is 0 Å². The van der Waals surface area contributed by atoms with E-state index < -0.39 is 0 Å². The lowest BCUT2D eigenvalue weighted by atomic mass is 9.90. The van der Waals surface area contributed by atoms with Crippen LogP contribution in [0.4, 0.5) is 0 Å². The highest BCUT2D eigenvalue weighted by molar-refractivity contribution is 8.00. The summed E-state index contributed by atoms with van der Waals surface area (Å²) in [6.45, 7) is 2.15. The standard InChI is InChI=1S/C20H20S/c1-14-10-12-15(13-11-14)16-7-5-8-18-17-6-3-2-4-9-19(17)21-20(16)18/h4-5,7-13,17,19H,2-3,6H2,1H3. The molecule has 0 nitrogen and oxygen atoms in total. The van der Waals surface area contributed by atoms with Crippen LogP contribution in [0.2, 0.25) is 0 Å². The molecule has 1 heteroatoms. The molecule has 0 bridgehead atoms. The van der Waals surface area contributed by atoms with E-state index in [0.29, 0.717) is 11.2 Å². The van der Waals surface area contributed by atoms with Crippen LogP contribution in [-0.4, -0.2) is 5.25 Å². The number of hydrogen-bond acceptors (Lipinski definition) is 1. The van der Waals surface area contributed by atoms with Gasteiger partial charge in [0.1, 0.15) is 0 Å². The van der Waals surface area contributed by atoms with Crippen molar-refractivity contribution in [3.8, 4) is 11.1 Å². The smallest absolute Gasteiger partial charge is 0.0343 e. The van der Waals surface area contributed by atoms with Gasteiger partial charge in [0, 0.05) is 16.1 Å². The van der Waals surface area contributed by atoms with E-state index in [9.17, 15) is 0 Å². The Bertz CT molecular complexity index is 681. The highest BCUT2D eigenvalue weighted by Gasteiger charge is 2.33. The van der Waals surface area contributed by atoms with Crippen molar-refractivity contribution in [2.75, 3.05) is 0 Å². The molecule has 2 atom stereocenters. The maximum atomic E-state index is 2.45. The summed E-state index contributed by atoms with van der Waals surface area (Å²) in [4.78, 5) is 1.52. The summed E-state index contributed by atoms with van der Waals surface area (Å²) in [5, 5.41) is 0.647. The third-order valence-electron chi connectivity index (χ3n) is 4.67. The zero-order valence-corrected chi connectivity index (χ0v) is 13.2. The normalized spacial score (nSPS) is 23.5. The number of aryl methyl sites for hydroxylation is 1. The molecule has 1 heterocycles. The Kier molecular flexibility index (Phi) is 3.39. The van der Waals surface area contributed by atoms with Crippen LogP contribution in [0.3, 0.4) is 0 Å². The van der Waals surface area contributed by atoms with Crippen LogP contribution in [-0.2, 0) is 0 Å². The Labute approximate surface area is 131 Å². The zero-order chi connectivity index (χ0) is 14.2. The minimum atomic E-state index is 0.647. The molecule has 0 radical (unpaired) electrons. The second-order valence-electron chi connectivity index (χ2n) is 6.14. The average molecular weight is 292 g/mol. The molecule has 2 aromatic carbocycles. The molecule has 2 aromatic rings. The predicted octanol–water partition coefficient (Wildman–Crippen LogP) is 5.96. The molecule has 0 aromatic heterocycles. The van der Waals surface area contributed by atoms with Gasteiger partial charge in [-0.15, -0.1) is 11.8 Å². The molecule has 0 fully saturated rings. The Morgan fingerprint density at radius 2 is 1.90 bits per heavy atom. The molecule has 2 aliphatic rings. The van der Waals surface area contributed by atoms with Crippen molar-refractivity contribution in [3.63, 3.8) is 0 Å². The van der Waals surface area contributed by atoms with Gasteiger partial charge in [0.25, 0.3) is 0 Å². The molecule has 0 spiro atoms. The molecule has 0 amide bonds. The minimum absolute atomic E-state index is 0.647. The van der Waals surface area contributed by atoms with E-state index in [4.69, 9.17) is 0 Å². The molecular formula is C20H20S. The highest BCUT2D eigenvalue weighted by atomic mass is 32.2. The van der Waals surface area contributed by atoms with Crippen molar-refractivity contribution < 1.29 is 0 Å². The van der Waals surface area contributed by atoms with E-state index in [2.05, 4.69) is 73.3 Å². The summed E-state index contributed by atoms with van der Waals surface area (Å²) in [6.07, 6.45) is 8.73. The summed E-state index contributed by atoms with van der Waals surface area (Å²) in [6, 6.07) is 15.8. The average Bonchev–Trinajstić information content (AvgIpc) is 2.70. The first-order chi connectivity index (χ1) is 10.3. The van der Waals surface area contributed by atoms with Crippen LogP contribution in [0.15, 0.2) is 59.5 Å². The van der Waals surface area contributed by atoms with E-state index in [1.54, 1.807) is 5.56 Å². The quantitative estimate of drug-likeness (QED) is 0.584. The fourth-order valence-electron chi connectivity index (χ4n) is 3.51. The number of benzene rings is 2. The lowest BCUT2D eigenvalue weighted by molar-refractivity contribution is 0.630. The van der Waals surface area contributed by atoms with Crippen LogP contribution in [0.25, 0.3) is 11.1 Å². The topological polar surface area (TPSA) is 0 Å². The first kappa shape index (κ1) is 13.2. The summed E-state index contributed by atoms with van der Waals surface area (Å²) in [7, 11) is 0. The van der Waals surface area contributed by atoms with Crippen LogP contribution in [0.1, 0.15) is 36.3 Å². The number of hydrogen-bond donors (Lipinski definition) is 0. The van der Waals surface area contributed by atoms with Crippen LogP contribution >= 0.6 is 11.8 Å². The Hall–Kier alpha value is -1.47. The van der Waals surface area contributed by atoms with Gasteiger partial charge < -0.3 is 0 Å². The lowest BCUT2D eigenvalue weighted by Gasteiger charge is -2.14. The van der Waals surface area contributed by atoms with Crippen molar-refractivity contribution in [1.82, 2.24) is 0 Å². The molecule has 106 valence electrons. The highest BCUT2D eigenvalue weighted by Crippen LogP contribution is 2.52. The summed E-state index contributed by atoms with van der Waals surface area (Å²) < 4.78 is 0. The van der Waals surface area contributed by atoms with Gasteiger partial charge >= 0.3 is 0 Å². The van der Waals surface area contributed by atoms with E-state index in [1.807, 2.05) is 0 Å². The first-order valence-electron chi connectivity index (χ1n) is 7.86. The third-order valence-corrected chi connectivity index (χ3v) is 6.12. The number of allylic oxidation sites excluding steroid dienone is 1. The third kappa shape index (κ3) is 2.34. The van der Waals surface area contributed by atoms with Gasteiger partial charge in [-0.05, 0) is 42.9 Å². The van der Waals surface area contributed by atoms with Gasteiger partial charge in [0.15, 0.2) is 0 Å². The van der Waals surface area contributed by atoms with Crippen molar-refractivity contribution in [2.24, 2.45) is 0 Å². The molecule has 1 aliphatic carbocycles. The number of rotatable bonds is 1. The van der Waals surface area contributed by atoms with Gasteiger partial charge in [-0.25, -0.2) is 0 Å². The molecule has 1 aliphatic heterocycles. The second-order valence-corrected chi connectivity index (χ2v) is 7.33. The van der Waals surface area contributed by atoms with Gasteiger partial charge in [0.2, 0.25) is 0 Å². The fraction of sp³-hybridized carbons (Fsp3) is 0.300. The largest absolute Gasteiger partial charge is 0.117 e. The van der Waals surface area contributed by atoms with Crippen molar-refractivity contribution in [3.05, 3.63) is 65.7 Å². The molecule has 0 saturated heterocycles. The van der Waals surface area contributed by atoms with Gasteiger partial charge in [-0.3, -0.25) is 0 Å². The summed E-state index contributed by atoms with van der Waals surface area (Å²) in [5.41, 5.74) is 5.67. The first-order valence-corrected chi connectivity index (χ1v) is 8.74. The minimum Gasteiger partial charge on any atom is -0.117 e. The van der Waals surface area contributed by atoms with Gasteiger partial charge in [-0.2, -0.15) is 0 Å². The predicted molar refractivity (Wildman–Crippen MR) is 92.0 cm³/mol. The van der Waals surface area contributed by atoms with E-state index in [0.717, 1.165) is 0 Å². The van der Waals surface area contributed by atoms with Crippen molar-refractivity contribution >= 4 is 11.8 Å². The summed E-state index contributed by atoms with van der Waals surface area (Å²) >= 11 is 2.07. The van der Waals surface area contributed by atoms with Crippen molar-refractivity contribution in [2.45, 2.75) is 42.2 Å². The monoisotopic (exact) mass is 292 g/mol. The fourth-order valence-corrected chi connectivity index (χ4v) is 5.09. The van der Waals surface area contributed by atoms with Crippen LogP contribution < -0.4 is 0 Å². The maximum Gasteiger partial charge on any atom is 0.0343 e. The second kappa shape index (κ2) is 5.38. The number of fused-ring (bicyclic) bond motifs is 3. The molecular weight excluding hydrogens is 272 g/mol. The van der Waals surface area contributed by atoms with Crippen LogP contribution in [0.5, 0.6) is 0 Å². The molecule has 0 N–H and O–H groups in total. The molecule has 21 heavy (non-hydrogen) atoms. The lowest BCUT2D eigenvalue weighted by Crippen LogP contribution is -2.05. The van der Waals surface area contributed by atoms with Gasteiger partial charge in [0.05, 0.1) is 0 Å². The van der Waals surface area contributed by atoms with Crippen molar-refractivity contribution in [1.29, 1.82) is 0 Å². The van der Waals surface area contributed by atoms with Gasteiger partial charge in [-0.1, -0.05) is 60.2 Å².